The quantitative estimate of drug-likeness (QED) is 0.868. The van der Waals surface area contributed by atoms with E-state index >= 15 is 0 Å². The minimum atomic E-state index is -0.0564. The minimum absolute atomic E-state index is 0.0564. The average molecular weight is 292 g/mol. The van der Waals surface area contributed by atoms with Crippen LogP contribution in [0.5, 0.6) is 0 Å². The van der Waals surface area contributed by atoms with Crippen molar-refractivity contribution >= 4 is 29.2 Å². The maximum atomic E-state index is 11.9. The Morgan fingerprint density at radius 2 is 2.10 bits per heavy atom. The van der Waals surface area contributed by atoms with Crippen LogP contribution in [0.1, 0.15) is 30.2 Å². The first kappa shape index (κ1) is 14.8. The van der Waals surface area contributed by atoms with Crippen LogP contribution in [-0.2, 0) is 9.59 Å². The number of aryl methyl sites for hydroxylation is 1. The van der Waals surface area contributed by atoms with Gasteiger partial charge < -0.3 is 10.2 Å². The Kier molecular flexibility index (Phi) is 4.95. The Balaban J connectivity index is 1.80. The molecule has 0 bridgehead atoms. The summed E-state index contributed by atoms with van der Waals surface area (Å²) in [4.78, 5) is 26.0. The zero-order valence-electron chi connectivity index (χ0n) is 11.9. The average Bonchev–Trinajstić information content (AvgIpc) is 2.82. The second-order valence-electron chi connectivity index (χ2n) is 5.09. The lowest BCUT2D eigenvalue weighted by atomic mass is 10.1. The van der Waals surface area contributed by atoms with Crippen molar-refractivity contribution in [3.8, 4) is 0 Å². The summed E-state index contributed by atoms with van der Waals surface area (Å²) < 4.78 is 0. The molecule has 2 rings (SSSR count). The van der Waals surface area contributed by atoms with Gasteiger partial charge >= 0.3 is 0 Å². The highest BCUT2D eigenvalue weighted by Crippen LogP contribution is 2.17. The normalized spacial score (nSPS) is 16.6. The first-order valence-electron chi connectivity index (χ1n) is 6.84. The molecule has 20 heavy (non-hydrogen) atoms. The Morgan fingerprint density at radius 3 is 2.65 bits per heavy atom. The number of thiophene rings is 1. The van der Waals surface area contributed by atoms with E-state index in [-0.39, 0.29) is 17.9 Å². The molecule has 0 spiro atoms. The fourth-order valence-electron chi connectivity index (χ4n) is 2.29. The monoisotopic (exact) mass is 292 g/mol. The molecule has 1 aliphatic heterocycles. The molecule has 1 aromatic rings. The van der Waals surface area contributed by atoms with Gasteiger partial charge in [-0.3, -0.25) is 9.59 Å². The summed E-state index contributed by atoms with van der Waals surface area (Å²) in [7, 11) is 0. The van der Waals surface area contributed by atoms with Crippen LogP contribution >= 0.6 is 11.3 Å². The molecule has 0 unspecified atom stereocenters. The van der Waals surface area contributed by atoms with Gasteiger partial charge in [-0.15, -0.1) is 11.3 Å². The maximum Gasteiger partial charge on any atom is 0.244 e. The SMILES string of the molecule is CC(=O)N1CCC(NC(=O)/C=C/c2sccc2C)CC1. The third-order valence-electron chi connectivity index (χ3n) is 3.57. The summed E-state index contributed by atoms with van der Waals surface area (Å²) in [5.74, 6) is 0.0573. The Labute approximate surface area is 123 Å². The van der Waals surface area contributed by atoms with Crippen LogP contribution < -0.4 is 5.32 Å². The van der Waals surface area contributed by atoms with Gasteiger partial charge in [0.2, 0.25) is 11.8 Å². The number of carbonyl (C=O) groups is 2. The number of hydrogen-bond acceptors (Lipinski definition) is 3. The number of nitrogens with zero attached hydrogens (tertiary/aromatic N) is 1. The van der Waals surface area contributed by atoms with Crippen LogP contribution in [0, 0.1) is 6.92 Å². The van der Waals surface area contributed by atoms with Crippen molar-refractivity contribution in [3.05, 3.63) is 28.0 Å². The highest BCUT2D eigenvalue weighted by Gasteiger charge is 2.21. The summed E-state index contributed by atoms with van der Waals surface area (Å²) in [6, 6.07) is 2.21. The first-order chi connectivity index (χ1) is 9.56. The lowest BCUT2D eigenvalue weighted by Crippen LogP contribution is -2.45. The molecule has 0 radical (unpaired) electrons. The summed E-state index contributed by atoms with van der Waals surface area (Å²) in [6.07, 6.45) is 5.12. The van der Waals surface area contributed by atoms with E-state index in [4.69, 9.17) is 0 Å². The van der Waals surface area contributed by atoms with E-state index < -0.39 is 0 Å². The van der Waals surface area contributed by atoms with Crippen molar-refractivity contribution < 1.29 is 9.59 Å². The zero-order chi connectivity index (χ0) is 14.5. The molecule has 1 aliphatic rings. The molecular formula is C15H20N2O2S. The van der Waals surface area contributed by atoms with Crippen molar-refractivity contribution in [1.82, 2.24) is 10.2 Å². The molecule has 5 heteroatoms. The van der Waals surface area contributed by atoms with Gasteiger partial charge in [0, 0.05) is 37.0 Å². The minimum Gasteiger partial charge on any atom is -0.350 e. The van der Waals surface area contributed by atoms with Gasteiger partial charge in [-0.05, 0) is 42.9 Å². The second-order valence-corrected chi connectivity index (χ2v) is 6.04. The van der Waals surface area contributed by atoms with Crippen LogP contribution in [-0.4, -0.2) is 35.8 Å². The van der Waals surface area contributed by atoms with Gasteiger partial charge in [0.1, 0.15) is 0 Å². The predicted molar refractivity (Wildman–Crippen MR) is 81.5 cm³/mol. The van der Waals surface area contributed by atoms with Gasteiger partial charge in [-0.25, -0.2) is 0 Å². The topological polar surface area (TPSA) is 49.4 Å². The third-order valence-corrected chi connectivity index (χ3v) is 4.56. The summed E-state index contributed by atoms with van der Waals surface area (Å²) >= 11 is 1.63. The molecule has 2 amide bonds. The van der Waals surface area contributed by atoms with Gasteiger partial charge in [0.15, 0.2) is 0 Å². The van der Waals surface area contributed by atoms with Gasteiger partial charge in [0.25, 0.3) is 0 Å². The molecule has 1 N–H and O–H groups in total. The smallest absolute Gasteiger partial charge is 0.244 e. The molecule has 1 saturated heterocycles. The molecule has 0 aromatic carbocycles. The second kappa shape index (κ2) is 6.70. The number of piperidine rings is 1. The molecule has 2 heterocycles. The van der Waals surface area contributed by atoms with Gasteiger partial charge in [0.05, 0.1) is 0 Å². The Bertz CT molecular complexity index is 514. The van der Waals surface area contributed by atoms with E-state index in [0.29, 0.717) is 0 Å². The van der Waals surface area contributed by atoms with Crippen molar-refractivity contribution in [2.45, 2.75) is 32.7 Å². The zero-order valence-corrected chi connectivity index (χ0v) is 12.7. The molecule has 1 fully saturated rings. The molecule has 108 valence electrons. The Hall–Kier alpha value is -1.62. The number of likely N-dealkylation sites (tertiary alicyclic amines) is 1. The van der Waals surface area contributed by atoms with Crippen LogP contribution in [0.4, 0.5) is 0 Å². The molecule has 0 saturated carbocycles. The fourth-order valence-corrected chi connectivity index (χ4v) is 3.11. The molecular weight excluding hydrogens is 272 g/mol. The van der Waals surface area contributed by atoms with Crippen molar-refractivity contribution in [2.24, 2.45) is 0 Å². The lowest BCUT2D eigenvalue weighted by molar-refractivity contribution is -0.129. The van der Waals surface area contributed by atoms with Gasteiger partial charge in [-0.2, -0.15) is 0 Å². The molecule has 4 nitrogen and oxygen atoms in total. The highest BCUT2D eigenvalue weighted by atomic mass is 32.1. The summed E-state index contributed by atoms with van der Waals surface area (Å²) in [6.45, 7) is 5.08. The summed E-state index contributed by atoms with van der Waals surface area (Å²) in [5, 5.41) is 5.02. The van der Waals surface area contributed by atoms with Crippen molar-refractivity contribution in [3.63, 3.8) is 0 Å². The van der Waals surface area contributed by atoms with Crippen LogP contribution in [0.2, 0.25) is 0 Å². The highest BCUT2D eigenvalue weighted by molar-refractivity contribution is 7.11. The lowest BCUT2D eigenvalue weighted by Gasteiger charge is -2.31. The van der Waals surface area contributed by atoms with Gasteiger partial charge in [-0.1, -0.05) is 0 Å². The third kappa shape index (κ3) is 3.93. The number of hydrogen-bond donors (Lipinski definition) is 1. The van der Waals surface area contributed by atoms with E-state index in [1.807, 2.05) is 29.3 Å². The number of nitrogens with one attached hydrogen (secondary N) is 1. The van der Waals surface area contributed by atoms with Crippen LogP contribution in [0.15, 0.2) is 17.5 Å². The number of carbonyl (C=O) groups excluding carboxylic acids is 2. The van der Waals surface area contributed by atoms with Crippen molar-refractivity contribution in [2.75, 3.05) is 13.1 Å². The number of rotatable bonds is 3. The largest absolute Gasteiger partial charge is 0.350 e. The van der Waals surface area contributed by atoms with E-state index in [1.165, 1.54) is 5.56 Å². The standard InChI is InChI=1S/C15H20N2O2S/c1-11-7-10-20-14(11)3-4-15(19)16-13-5-8-17(9-6-13)12(2)18/h3-4,7,10,13H,5-6,8-9H2,1-2H3,(H,16,19)/b4-3+. The summed E-state index contributed by atoms with van der Waals surface area (Å²) in [5.41, 5.74) is 1.19. The number of amides is 2. The predicted octanol–water partition coefficient (Wildman–Crippen LogP) is 2.20. The Morgan fingerprint density at radius 1 is 1.40 bits per heavy atom. The van der Waals surface area contributed by atoms with Crippen molar-refractivity contribution in [1.29, 1.82) is 0 Å². The van der Waals surface area contributed by atoms with Crippen LogP contribution in [0.25, 0.3) is 6.08 Å². The maximum absolute atomic E-state index is 11.9. The van der Waals surface area contributed by atoms with E-state index in [1.54, 1.807) is 24.3 Å². The molecule has 0 aliphatic carbocycles. The van der Waals surface area contributed by atoms with E-state index in [0.717, 1.165) is 30.8 Å². The first-order valence-corrected chi connectivity index (χ1v) is 7.72. The van der Waals surface area contributed by atoms with E-state index in [9.17, 15) is 9.59 Å². The fraction of sp³-hybridized carbons (Fsp3) is 0.467. The molecule has 0 atom stereocenters. The van der Waals surface area contributed by atoms with Crippen LogP contribution in [0.3, 0.4) is 0 Å². The van der Waals surface area contributed by atoms with E-state index in [2.05, 4.69) is 5.32 Å². The molecule has 1 aromatic heterocycles.